The first-order valence-corrected chi connectivity index (χ1v) is 8.25. The van der Waals surface area contributed by atoms with Crippen LogP contribution in [0.25, 0.3) is 0 Å². The average Bonchev–Trinajstić information content (AvgIpc) is 3.18. The van der Waals surface area contributed by atoms with Gasteiger partial charge >= 0.3 is 0 Å². The van der Waals surface area contributed by atoms with Crippen LogP contribution in [0.3, 0.4) is 0 Å². The molecule has 2 aliphatic rings. The van der Waals surface area contributed by atoms with Gasteiger partial charge in [0.1, 0.15) is 5.82 Å². The number of hydrogen-bond acceptors (Lipinski definition) is 4. The van der Waals surface area contributed by atoms with Crippen molar-refractivity contribution < 1.29 is 9.53 Å². The van der Waals surface area contributed by atoms with E-state index in [0.717, 1.165) is 51.2 Å². The highest BCUT2D eigenvalue weighted by atomic mass is 16.5. The highest BCUT2D eigenvalue weighted by Crippen LogP contribution is 2.21. The van der Waals surface area contributed by atoms with Gasteiger partial charge in [-0.2, -0.15) is 0 Å². The molecule has 2 saturated heterocycles. The molecular formula is C17H25N3O2. The minimum Gasteiger partial charge on any atom is -0.376 e. The molecule has 0 radical (unpaired) electrons. The Labute approximate surface area is 132 Å². The molecule has 5 nitrogen and oxygen atoms in total. The van der Waals surface area contributed by atoms with Gasteiger partial charge in [0.15, 0.2) is 0 Å². The maximum Gasteiger partial charge on any atom is 0.255 e. The fourth-order valence-corrected chi connectivity index (χ4v) is 3.33. The molecular weight excluding hydrogens is 278 g/mol. The quantitative estimate of drug-likeness (QED) is 0.856. The molecule has 1 aromatic heterocycles. The summed E-state index contributed by atoms with van der Waals surface area (Å²) in [4.78, 5) is 21.0. The minimum atomic E-state index is 0.103. The van der Waals surface area contributed by atoms with Crippen LogP contribution in [0.5, 0.6) is 0 Å². The number of carbonyl (C=O) groups excluding carboxylic acids is 1. The highest BCUT2D eigenvalue weighted by molar-refractivity contribution is 5.94. The number of hydrogen-bond donors (Lipinski definition) is 0. The first-order valence-electron chi connectivity index (χ1n) is 8.25. The van der Waals surface area contributed by atoms with Crippen LogP contribution in [0.15, 0.2) is 18.3 Å². The topological polar surface area (TPSA) is 45.7 Å². The molecule has 0 spiro atoms. The molecule has 1 amide bonds. The summed E-state index contributed by atoms with van der Waals surface area (Å²) in [6, 6.07) is 4.17. The van der Waals surface area contributed by atoms with Crippen LogP contribution in [-0.4, -0.2) is 54.7 Å². The molecule has 3 heterocycles. The van der Waals surface area contributed by atoms with Crippen LogP contribution in [0.4, 0.5) is 5.82 Å². The summed E-state index contributed by atoms with van der Waals surface area (Å²) in [7, 11) is 2.02. The zero-order valence-corrected chi connectivity index (χ0v) is 13.5. The van der Waals surface area contributed by atoms with Crippen LogP contribution in [0.2, 0.25) is 0 Å². The van der Waals surface area contributed by atoms with Crippen molar-refractivity contribution >= 4 is 11.7 Å². The van der Waals surface area contributed by atoms with Crippen LogP contribution < -0.4 is 4.90 Å². The van der Waals surface area contributed by atoms with Gasteiger partial charge in [0.25, 0.3) is 5.91 Å². The molecule has 2 aliphatic heterocycles. The molecule has 0 aromatic carbocycles. The number of aromatic nitrogens is 1. The lowest BCUT2D eigenvalue weighted by Gasteiger charge is -2.23. The van der Waals surface area contributed by atoms with E-state index in [-0.39, 0.29) is 5.91 Å². The first-order chi connectivity index (χ1) is 10.6. The summed E-state index contributed by atoms with van der Waals surface area (Å²) in [5.41, 5.74) is 0.683. The molecule has 0 aliphatic carbocycles. The molecule has 2 unspecified atom stereocenters. The monoisotopic (exact) mass is 303 g/mol. The Kier molecular flexibility index (Phi) is 4.62. The third-order valence-corrected chi connectivity index (χ3v) is 4.70. The van der Waals surface area contributed by atoms with Gasteiger partial charge in [-0.15, -0.1) is 0 Å². The number of ether oxygens (including phenoxy) is 1. The highest BCUT2D eigenvalue weighted by Gasteiger charge is 2.26. The molecule has 0 saturated carbocycles. The van der Waals surface area contributed by atoms with Gasteiger partial charge in [-0.25, -0.2) is 4.98 Å². The maximum absolute atomic E-state index is 12.5. The maximum atomic E-state index is 12.5. The Bertz CT molecular complexity index is 511. The van der Waals surface area contributed by atoms with Gasteiger partial charge in [-0.1, -0.05) is 0 Å². The summed E-state index contributed by atoms with van der Waals surface area (Å²) in [5.74, 6) is 0.993. The van der Waals surface area contributed by atoms with E-state index >= 15 is 0 Å². The smallest absolute Gasteiger partial charge is 0.255 e. The Morgan fingerprint density at radius 2 is 2.27 bits per heavy atom. The van der Waals surface area contributed by atoms with Crippen LogP contribution >= 0.6 is 0 Å². The lowest BCUT2D eigenvalue weighted by molar-refractivity contribution is 0.0747. The van der Waals surface area contributed by atoms with Crippen molar-refractivity contribution in [3.05, 3.63) is 23.9 Å². The van der Waals surface area contributed by atoms with E-state index in [0.29, 0.717) is 17.7 Å². The molecule has 0 bridgehead atoms. The number of carbonyl (C=O) groups is 1. The predicted molar refractivity (Wildman–Crippen MR) is 86.2 cm³/mol. The van der Waals surface area contributed by atoms with Crippen molar-refractivity contribution in [1.82, 2.24) is 9.88 Å². The van der Waals surface area contributed by atoms with Gasteiger partial charge in [0.05, 0.1) is 11.7 Å². The van der Waals surface area contributed by atoms with Crippen LogP contribution in [0, 0.1) is 0 Å². The number of nitrogens with zero attached hydrogens (tertiary/aromatic N) is 3. The minimum absolute atomic E-state index is 0.103. The van der Waals surface area contributed by atoms with E-state index in [4.69, 9.17) is 4.74 Å². The lowest BCUT2D eigenvalue weighted by atomic mass is 10.2. The van der Waals surface area contributed by atoms with Crippen molar-refractivity contribution in [2.24, 2.45) is 0 Å². The standard InChI is InChI=1S/C17H25N3O2/c1-13-5-3-9-20(13)17(21)14-7-8-16(18-11-14)19(2)12-15-6-4-10-22-15/h7-8,11,13,15H,3-6,9-10,12H2,1-2H3. The van der Waals surface area contributed by atoms with Gasteiger partial charge in [-0.05, 0) is 44.7 Å². The summed E-state index contributed by atoms with van der Waals surface area (Å²) in [5, 5.41) is 0. The number of likely N-dealkylation sites (N-methyl/N-ethyl adjacent to an activating group) is 1. The summed E-state index contributed by atoms with van der Waals surface area (Å²) in [6.07, 6.45) is 6.47. The molecule has 22 heavy (non-hydrogen) atoms. The number of amides is 1. The molecule has 3 rings (SSSR count). The van der Waals surface area contributed by atoms with Crippen LogP contribution in [0.1, 0.15) is 43.0 Å². The van der Waals surface area contributed by atoms with Crippen molar-refractivity contribution in [1.29, 1.82) is 0 Å². The number of likely N-dealkylation sites (tertiary alicyclic amines) is 1. The second-order valence-corrected chi connectivity index (χ2v) is 6.41. The van der Waals surface area contributed by atoms with E-state index in [2.05, 4.69) is 16.8 Å². The number of anilines is 1. The van der Waals surface area contributed by atoms with Gasteiger partial charge in [-0.3, -0.25) is 4.79 Å². The van der Waals surface area contributed by atoms with Crippen molar-refractivity contribution in [3.8, 4) is 0 Å². The van der Waals surface area contributed by atoms with E-state index in [1.54, 1.807) is 6.20 Å². The third kappa shape index (κ3) is 3.24. The largest absolute Gasteiger partial charge is 0.376 e. The zero-order chi connectivity index (χ0) is 15.5. The van der Waals surface area contributed by atoms with Gasteiger partial charge in [0, 0.05) is 39.0 Å². The van der Waals surface area contributed by atoms with E-state index in [9.17, 15) is 4.79 Å². The molecule has 5 heteroatoms. The Morgan fingerprint density at radius 3 is 2.86 bits per heavy atom. The van der Waals surface area contributed by atoms with Gasteiger partial charge < -0.3 is 14.5 Å². The van der Waals surface area contributed by atoms with E-state index in [1.165, 1.54) is 0 Å². The van der Waals surface area contributed by atoms with E-state index in [1.807, 2.05) is 24.1 Å². The molecule has 2 fully saturated rings. The number of pyridine rings is 1. The Balaban J connectivity index is 1.63. The second kappa shape index (κ2) is 6.65. The predicted octanol–water partition coefficient (Wildman–Crippen LogP) is 2.32. The second-order valence-electron chi connectivity index (χ2n) is 6.41. The fraction of sp³-hybridized carbons (Fsp3) is 0.647. The first kappa shape index (κ1) is 15.3. The molecule has 0 N–H and O–H groups in total. The SMILES string of the molecule is CC1CCCN1C(=O)c1ccc(N(C)CC2CCCO2)nc1. The fourth-order valence-electron chi connectivity index (χ4n) is 3.33. The Hall–Kier alpha value is -1.62. The van der Waals surface area contributed by atoms with Crippen molar-refractivity contribution in [2.75, 3.05) is 31.6 Å². The zero-order valence-electron chi connectivity index (χ0n) is 13.5. The average molecular weight is 303 g/mol. The molecule has 120 valence electrons. The van der Waals surface area contributed by atoms with Crippen molar-refractivity contribution in [2.45, 2.75) is 44.8 Å². The van der Waals surface area contributed by atoms with Crippen LogP contribution in [-0.2, 0) is 4.74 Å². The van der Waals surface area contributed by atoms with Gasteiger partial charge in [0.2, 0.25) is 0 Å². The summed E-state index contributed by atoms with van der Waals surface area (Å²) >= 11 is 0. The number of rotatable bonds is 4. The Morgan fingerprint density at radius 1 is 1.41 bits per heavy atom. The van der Waals surface area contributed by atoms with E-state index < -0.39 is 0 Å². The summed E-state index contributed by atoms with van der Waals surface area (Å²) in [6.45, 7) is 4.69. The third-order valence-electron chi connectivity index (χ3n) is 4.70. The normalized spacial score (nSPS) is 24.7. The molecule has 2 atom stereocenters. The summed E-state index contributed by atoms with van der Waals surface area (Å²) < 4.78 is 5.66. The lowest BCUT2D eigenvalue weighted by Crippen LogP contribution is -2.33. The molecule has 1 aromatic rings. The van der Waals surface area contributed by atoms with Crippen molar-refractivity contribution in [3.63, 3.8) is 0 Å².